The van der Waals surface area contributed by atoms with Gasteiger partial charge in [-0.05, 0) is 12.5 Å². The molecule has 0 saturated carbocycles. The number of hydrogen-bond donors (Lipinski definition) is 1. The molecular weight excluding hydrogens is 262 g/mol. The molecule has 0 bridgehead atoms. The first-order valence-electron chi connectivity index (χ1n) is 6.08. The number of hydrogen-bond acceptors (Lipinski definition) is 5. The van der Waals surface area contributed by atoms with Crippen molar-refractivity contribution in [3.05, 3.63) is 52.5 Å². The summed E-state index contributed by atoms with van der Waals surface area (Å²) in [7, 11) is 0. The van der Waals surface area contributed by atoms with Gasteiger partial charge in [0.25, 0.3) is 0 Å². The van der Waals surface area contributed by atoms with Crippen molar-refractivity contribution >= 4 is 11.3 Å². The predicted molar refractivity (Wildman–Crippen MR) is 73.7 cm³/mol. The minimum Gasteiger partial charge on any atom is -0.383 e. The van der Waals surface area contributed by atoms with Crippen molar-refractivity contribution in [2.24, 2.45) is 0 Å². The lowest BCUT2D eigenvalue weighted by Crippen LogP contribution is -2.20. The molecule has 1 heterocycles. The van der Waals surface area contributed by atoms with E-state index in [0.717, 1.165) is 5.56 Å². The van der Waals surface area contributed by atoms with Crippen molar-refractivity contribution in [2.75, 3.05) is 6.79 Å². The van der Waals surface area contributed by atoms with Crippen LogP contribution in [0.25, 0.3) is 0 Å². The highest BCUT2D eigenvalue weighted by Gasteiger charge is 2.19. The zero-order valence-electron chi connectivity index (χ0n) is 10.7. The average Bonchev–Trinajstić information content (AvgIpc) is 2.98. The van der Waals surface area contributed by atoms with Crippen LogP contribution in [-0.4, -0.2) is 23.0 Å². The van der Waals surface area contributed by atoms with Crippen LogP contribution in [0.1, 0.15) is 23.6 Å². The van der Waals surface area contributed by atoms with E-state index in [9.17, 15) is 5.11 Å². The molecule has 2 atom stereocenters. The van der Waals surface area contributed by atoms with Crippen LogP contribution in [0.3, 0.4) is 0 Å². The van der Waals surface area contributed by atoms with E-state index >= 15 is 0 Å². The molecule has 0 unspecified atom stereocenters. The maximum atomic E-state index is 9.96. The molecule has 5 heteroatoms. The summed E-state index contributed by atoms with van der Waals surface area (Å²) in [6, 6.07) is 9.89. The molecule has 0 amide bonds. The number of aromatic nitrogens is 1. The molecule has 1 N–H and O–H groups in total. The largest absolute Gasteiger partial charge is 0.383 e. The topological polar surface area (TPSA) is 51.6 Å². The molecule has 0 aliphatic carbocycles. The van der Waals surface area contributed by atoms with Crippen LogP contribution in [0.4, 0.5) is 0 Å². The maximum Gasteiger partial charge on any atom is 0.147 e. The van der Waals surface area contributed by atoms with Gasteiger partial charge >= 0.3 is 0 Å². The summed E-state index contributed by atoms with van der Waals surface area (Å²) in [5.74, 6) is 0. The van der Waals surface area contributed by atoms with Crippen LogP contribution >= 0.6 is 11.3 Å². The van der Waals surface area contributed by atoms with Crippen molar-refractivity contribution in [2.45, 2.75) is 25.7 Å². The first-order valence-corrected chi connectivity index (χ1v) is 6.96. The van der Waals surface area contributed by atoms with Crippen LogP contribution in [-0.2, 0) is 16.1 Å². The van der Waals surface area contributed by atoms with E-state index < -0.39 is 6.10 Å². The molecule has 2 rings (SSSR count). The summed E-state index contributed by atoms with van der Waals surface area (Å²) < 4.78 is 10.9. The van der Waals surface area contributed by atoms with Gasteiger partial charge in [0.05, 0.1) is 12.7 Å². The number of aliphatic hydroxyl groups excluding tert-OH is 1. The fourth-order valence-electron chi connectivity index (χ4n) is 1.56. The minimum atomic E-state index is -0.708. The van der Waals surface area contributed by atoms with Gasteiger partial charge in [0.15, 0.2) is 0 Å². The molecule has 0 radical (unpaired) electrons. The third kappa shape index (κ3) is 4.40. The Kier molecular flexibility index (Phi) is 5.47. The Bertz CT molecular complexity index is 461. The lowest BCUT2D eigenvalue weighted by atomic mass is 10.2. The Morgan fingerprint density at radius 2 is 2.11 bits per heavy atom. The molecular formula is C14H17NO3S. The van der Waals surface area contributed by atoms with Crippen LogP contribution in [0.2, 0.25) is 0 Å². The number of ether oxygens (including phenoxy) is 2. The van der Waals surface area contributed by atoms with E-state index in [4.69, 9.17) is 9.47 Å². The fourth-order valence-corrected chi connectivity index (χ4v) is 2.28. The molecule has 0 aliphatic rings. The number of benzene rings is 1. The third-order valence-electron chi connectivity index (χ3n) is 2.67. The third-order valence-corrected chi connectivity index (χ3v) is 3.52. The highest BCUT2D eigenvalue weighted by Crippen LogP contribution is 2.20. The molecule has 0 saturated heterocycles. The first kappa shape index (κ1) is 14.1. The standard InChI is InChI=1S/C14H17NO3S/c1-11(13(16)14-15-7-8-19-14)18-10-17-9-12-5-3-2-4-6-12/h2-8,11,13,16H,9-10H2,1H3/t11-,13+/m1/s1. The molecule has 0 aliphatic heterocycles. The summed E-state index contributed by atoms with van der Waals surface area (Å²) in [5.41, 5.74) is 1.10. The molecule has 1 aromatic carbocycles. The Morgan fingerprint density at radius 1 is 1.32 bits per heavy atom. The Hall–Kier alpha value is -1.27. The smallest absolute Gasteiger partial charge is 0.147 e. The zero-order chi connectivity index (χ0) is 13.5. The summed E-state index contributed by atoms with van der Waals surface area (Å²) in [6.45, 7) is 2.46. The van der Waals surface area contributed by atoms with Crippen molar-refractivity contribution in [1.82, 2.24) is 4.98 Å². The Labute approximate surface area is 116 Å². The second-order valence-corrected chi connectivity index (χ2v) is 5.07. The second-order valence-electron chi connectivity index (χ2n) is 4.14. The van der Waals surface area contributed by atoms with Gasteiger partial charge in [-0.15, -0.1) is 11.3 Å². The SMILES string of the molecule is C[C@@H](OCOCc1ccccc1)[C@H](O)c1nccs1. The molecule has 4 nitrogen and oxygen atoms in total. The van der Waals surface area contributed by atoms with Gasteiger partial charge in [-0.1, -0.05) is 30.3 Å². The van der Waals surface area contributed by atoms with E-state index in [-0.39, 0.29) is 12.9 Å². The van der Waals surface area contributed by atoms with E-state index in [1.165, 1.54) is 11.3 Å². The number of nitrogens with zero attached hydrogens (tertiary/aromatic N) is 1. The van der Waals surface area contributed by atoms with Gasteiger partial charge < -0.3 is 14.6 Å². The van der Waals surface area contributed by atoms with Crippen LogP contribution in [0, 0.1) is 0 Å². The highest BCUT2D eigenvalue weighted by atomic mass is 32.1. The molecule has 0 fully saturated rings. The number of thiazole rings is 1. The molecule has 19 heavy (non-hydrogen) atoms. The van der Waals surface area contributed by atoms with Crippen LogP contribution in [0.15, 0.2) is 41.9 Å². The van der Waals surface area contributed by atoms with E-state index in [1.807, 2.05) is 35.7 Å². The fraction of sp³-hybridized carbons (Fsp3) is 0.357. The van der Waals surface area contributed by atoms with Crippen molar-refractivity contribution in [3.63, 3.8) is 0 Å². The van der Waals surface area contributed by atoms with Gasteiger partial charge in [0.1, 0.15) is 17.9 Å². The summed E-state index contributed by atoms with van der Waals surface area (Å²) >= 11 is 1.41. The van der Waals surface area contributed by atoms with E-state index in [0.29, 0.717) is 11.6 Å². The Balaban J connectivity index is 1.68. The summed E-state index contributed by atoms with van der Waals surface area (Å²) in [4.78, 5) is 4.06. The summed E-state index contributed by atoms with van der Waals surface area (Å²) in [6.07, 6.45) is 0.615. The lowest BCUT2D eigenvalue weighted by molar-refractivity contribution is -0.123. The molecule has 1 aromatic heterocycles. The highest BCUT2D eigenvalue weighted by molar-refractivity contribution is 7.09. The van der Waals surface area contributed by atoms with Gasteiger partial charge in [0.2, 0.25) is 0 Å². The van der Waals surface area contributed by atoms with Gasteiger partial charge in [0, 0.05) is 11.6 Å². The van der Waals surface area contributed by atoms with Crippen molar-refractivity contribution < 1.29 is 14.6 Å². The van der Waals surface area contributed by atoms with Crippen molar-refractivity contribution in [1.29, 1.82) is 0 Å². The predicted octanol–water partition coefficient (Wildman–Crippen LogP) is 2.76. The summed E-state index contributed by atoms with van der Waals surface area (Å²) in [5, 5.41) is 12.5. The van der Waals surface area contributed by atoms with Gasteiger partial charge in [-0.25, -0.2) is 4.98 Å². The number of aliphatic hydroxyl groups is 1. The van der Waals surface area contributed by atoms with E-state index in [1.54, 1.807) is 13.1 Å². The second kappa shape index (κ2) is 7.35. The maximum absolute atomic E-state index is 9.96. The monoisotopic (exact) mass is 279 g/mol. The zero-order valence-corrected chi connectivity index (χ0v) is 11.5. The van der Waals surface area contributed by atoms with Gasteiger partial charge in [-0.3, -0.25) is 0 Å². The Morgan fingerprint density at radius 3 is 2.79 bits per heavy atom. The average molecular weight is 279 g/mol. The molecule has 0 spiro atoms. The van der Waals surface area contributed by atoms with Crippen LogP contribution in [0.5, 0.6) is 0 Å². The van der Waals surface area contributed by atoms with Crippen LogP contribution < -0.4 is 0 Å². The van der Waals surface area contributed by atoms with E-state index in [2.05, 4.69) is 4.98 Å². The lowest BCUT2D eigenvalue weighted by Gasteiger charge is -2.17. The number of rotatable bonds is 7. The first-order chi connectivity index (χ1) is 9.27. The normalized spacial score (nSPS) is 14.2. The van der Waals surface area contributed by atoms with Gasteiger partial charge in [-0.2, -0.15) is 0 Å². The molecule has 2 aromatic rings. The van der Waals surface area contributed by atoms with Crippen molar-refractivity contribution in [3.8, 4) is 0 Å². The quantitative estimate of drug-likeness (QED) is 0.625. The molecule has 102 valence electrons. The minimum absolute atomic E-state index is 0.151.